The van der Waals surface area contributed by atoms with E-state index in [1.54, 1.807) is 31.2 Å². The molecule has 2 rings (SSSR count). The lowest BCUT2D eigenvalue weighted by molar-refractivity contribution is -0.118. The van der Waals surface area contributed by atoms with Gasteiger partial charge in [-0.15, -0.1) is 0 Å². The van der Waals surface area contributed by atoms with Crippen LogP contribution in [0.3, 0.4) is 0 Å². The molecule has 138 valence electrons. The van der Waals surface area contributed by atoms with Crippen LogP contribution in [-0.4, -0.2) is 17.9 Å². The van der Waals surface area contributed by atoms with Crippen LogP contribution in [0, 0.1) is 18.7 Å². The maximum absolute atomic E-state index is 13.2. The minimum Gasteiger partial charge on any atom is -0.340 e. The third-order valence-electron chi connectivity index (χ3n) is 3.88. The lowest BCUT2D eigenvalue weighted by Gasteiger charge is -2.21. The van der Waals surface area contributed by atoms with E-state index in [1.807, 2.05) is 13.8 Å². The zero-order valence-corrected chi connectivity index (χ0v) is 15.7. The average Bonchev–Trinajstić information content (AvgIpc) is 2.56. The molecule has 0 heterocycles. The molecule has 26 heavy (non-hydrogen) atoms. The van der Waals surface area contributed by atoms with Crippen molar-refractivity contribution in [3.63, 3.8) is 0 Å². The first-order valence-corrected chi connectivity index (χ1v) is 8.77. The maximum atomic E-state index is 13.2. The summed E-state index contributed by atoms with van der Waals surface area (Å²) >= 11 is 5.84. The molecule has 2 amide bonds. The molecule has 0 aliphatic heterocycles. The topological polar surface area (TPSA) is 58.2 Å². The molecule has 2 N–H and O–H groups in total. The Bertz CT molecular complexity index is 791. The van der Waals surface area contributed by atoms with Gasteiger partial charge in [0.15, 0.2) is 0 Å². The molecule has 6 heteroatoms. The highest BCUT2D eigenvalue weighted by molar-refractivity contribution is 6.30. The van der Waals surface area contributed by atoms with Crippen LogP contribution in [0.25, 0.3) is 0 Å². The van der Waals surface area contributed by atoms with Gasteiger partial charge in [0, 0.05) is 16.3 Å². The van der Waals surface area contributed by atoms with Crippen molar-refractivity contribution in [2.75, 3.05) is 5.32 Å². The third-order valence-corrected chi connectivity index (χ3v) is 4.13. The molecule has 1 atom stereocenters. The fraction of sp³-hybridized carbons (Fsp3) is 0.300. The first-order chi connectivity index (χ1) is 12.3. The van der Waals surface area contributed by atoms with Gasteiger partial charge in [0.1, 0.15) is 11.9 Å². The third kappa shape index (κ3) is 5.56. The Morgan fingerprint density at radius 3 is 2.35 bits per heavy atom. The van der Waals surface area contributed by atoms with Gasteiger partial charge in [-0.1, -0.05) is 25.4 Å². The standard InChI is InChI=1S/C20H22ClFN2O2/c1-12(2)10-18(24-19(25)14-4-6-15(21)7-5-14)20(26)23-17-9-8-16(22)11-13(17)3/h4-9,11-12,18H,10H2,1-3H3,(H,23,26)(H,24,25)/t18-/m1/s1. The molecule has 0 aliphatic rings. The Hall–Kier alpha value is -2.40. The normalized spacial score (nSPS) is 11.9. The zero-order valence-electron chi connectivity index (χ0n) is 15.0. The Morgan fingerprint density at radius 2 is 1.77 bits per heavy atom. The van der Waals surface area contributed by atoms with Crippen molar-refractivity contribution in [3.05, 3.63) is 64.4 Å². The summed E-state index contributed by atoms with van der Waals surface area (Å²) in [5.41, 5.74) is 1.56. The summed E-state index contributed by atoms with van der Waals surface area (Å²) in [6, 6.07) is 9.88. The van der Waals surface area contributed by atoms with E-state index in [-0.39, 0.29) is 23.5 Å². The number of nitrogens with one attached hydrogen (secondary N) is 2. The maximum Gasteiger partial charge on any atom is 0.251 e. The summed E-state index contributed by atoms with van der Waals surface area (Å²) in [5.74, 6) is -0.852. The largest absolute Gasteiger partial charge is 0.340 e. The lowest BCUT2D eigenvalue weighted by Crippen LogP contribution is -2.44. The summed E-state index contributed by atoms with van der Waals surface area (Å²) in [5, 5.41) is 6.07. The molecule has 0 saturated carbocycles. The van der Waals surface area contributed by atoms with E-state index in [9.17, 15) is 14.0 Å². The number of hydrogen-bond donors (Lipinski definition) is 2. The van der Waals surface area contributed by atoms with Gasteiger partial charge in [0.25, 0.3) is 5.91 Å². The SMILES string of the molecule is Cc1cc(F)ccc1NC(=O)[C@@H](CC(C)C)NC(=O)c1ccc(Cl)cc1. The van der Waals surface area contributed by atoms with Crippen LogP contribution >= 0.6 is 11.6 Å². The molecule has 0 radical (unpaired) electrons. The fourth-order valence-electron chi connectivity index (χ4n) is 2.53. The first-order valence-electron chi connectivity index (χ1n) is 8.39. The van der Waals surface area contributed by atoms with Crippen molar-refractivity contribution in [3.8, 4) is 0 Å². The lowest BCUT2D eigenvalue weighted by atomic mass is 10.0. The molecular formula is C20H22ClFN2O2. The number of benzene rings is 2. The highest BCUT2D eigenvalue weighted by Crippen LogP contribution is 2.17. The second-order valence-electron chi connectivity index (χ2n) is 6.61. The van der Waals surface area contributed by atoms with Gasteiger partial charge in [-0.05, 0) is 67.3 Å². The summed E-state index contributed by atoms with van der Waals surface area (Å²) in [6.45, 7) is 5.65. The Labute approximate surface area is 157 Å². The number of rotatable bonds is 6. The minimum atomic E-state index is -0.706. The number of carbonyl (C=O) groups is 2. The van der Waals surface area contributed by atoms with Gasteiger partial charge < -0.3 is 10.6 Å². The van der Waals surface area contributed by atoms with Gasteiger partial charge >= 0.3 is 0 Å². The molecule has 0 fully saturated rings. The quantitative estimate of drug-likeness (QED) is 0.775. The summed E-state index contributed by atoms with van der Waals surface area (Å²) in [7, 11) is 0. The molecular weight excluding hydrogens is 355 g/mol. The van der Waals surface area contributed by atoms with Crippen molar-refractivity contribution >= 4 is 29.1 Å². The summed E-state index contributed by atoms with van der Waals surface area (Å²) in [4.78, 5) is 25.1. The number of amides is 2. The zero-order chi connectivity index (χ0) is 19.3. The second-order valence-corrected chi connectivity index (χ2v) is 7.05. The van der Waals surface area contributed by atoms with Gasteiger partial charge in [0.2, 0.25) is 5.91 Å². The molecule has 4 nitrogen and oxygen atoms in total. The molecule has 0 unspecified atom stereocenters. The highest BCUT2D eigenvalue weighted by atomic mass is 35.5. The van der Waals surface area contributed by atoms with Crippen molar-refractivity contribution in [2.24, 2.45) is 5.92 Å². The van der Waals surface area contributed by atoms with E-state index in [0.717, 1.165) is 0 Å². The van der Waals surface area contributed by atoms with Crippen molar-refractivity contribution in [1.29, 1.82) is 0 Å². The van der Waals surface area contributed by atoms with Crippen molar-refractivity contribution in [2.45, 2.75) is 33.2 Å². The van der Waals surface area contributed by atoms with Gasteiger partial charge in [-0.2, -0.15) is 0 Å². The van der Waals surface area contributed by atoms with Crippen LogP contribution in [0.5, 0.6) is 0 Å². The van der Waals surface area contributed by atoms with E-state index in [2.05, 4.69) is 10.6 Å². The molecule has 0 saturated heterocycles. The van der Waals surface area contributed by atoms with Crippen LogP contribution in [0.2, 0.25) is 5.02 Å². The number of anilines is 1. The van der Waals surface area contributed by atoms with E-state index >= 15 is 0 Å². The monoisotopic (exact) mass is 376 g/mol. The van der Waals surface area contributed by atoms with E-state index in [1.165, 1.54) is 18.2 Å². The van der Waals surface area contributed by atoms with Crippen LogP contribution in [-0.2, 0) is 4.79 Å². The summed E-state index contributed by atoms with van der Waals surface area (Å²) in [6.07, 6.45) is 0.478. The number of aryl methyl sites for hydroxylation is 1. The van der Waals surface area contributed by atoms with Crippen molar-refractivity contribution < 1.29 is 14.0 Å². The fourth-order valence-corrected chi connectivity index (χ4v) is 2.66. The highest BCUT2D eigenvalue weighted by Gasteiger charge is 2.23. The van der Waals surface area contributed by atoms with Crippen LogP contribution in [0.4, 0.5) is 10.1 Å². The number of carbonyl (C=O) groups excluding carboxylic acids is 2. The van der Waals surface area contributed by atoms with Crippen LogP contribution in [0.1, 0.15) is 36.2 Å². The van der Waals surface area contributed by atoms with E-state index in [0.29, 0.717) is 28.3 Å². The van der Waals surface area contributed by atoms with Crippen molar-refractivity contribution in [1.82, 2.24) is 5.32 Å². The first kappa shape index (κ1) is 19.9. The average molecular weight is 377 g/mol. The Balaban J connectivity index is 2.13. The Kier molecular flexibility index (Phi) is 6.75. The molecule has 2 aromatic carbocycles. The molecule has 0 aliphatic carbocycles. The molecule has 2 aromatic rings. The van der Waals surface area contributed by atoms with Gasteiger partial charge in [-0.25, -0.2) is 4.39 Å². The predicted molar refractivity (Wildman–Crippen MR) is 102 cm³/mol. The van der Waals surface area contributed by atoms with Gasteiger partial charge in [0.05, 0.1) is 0 Å². The number of hydrogen-bond acceptors (Lipinski definition) is 2. The van der Waals surface area contributed by atoms with E-state index in [4.69, 9.17) is 11.6 Å². The van der Waals surface area contributed by atoms with Crippen LogP contribution < -0.4 is 10.6 Å². The molecule has 0 aromatic heterocycles. The Morgan fingerprint density at radius 1 is 1.12 bits per heavy atom. The molecule has 0 spiro atoms. The summed E-state index contributed by atoms with van der Waals surface area (Å²) < 4.78 is 13.2. The molecule has 0 bridgehead atoms. The smallest absolute Gasteiger partial charge is 0.251 e. The number of halogens is 2. The predicted octanol–water partition coefficient (Wildman–Crippen LogP) is 4.57. The minimum absolute atomic E-state index is 0.200. The second kappa shape index (κ2) is 8.81. The van der Waals surface area contributed by atoms with E-state index < -0.39 is 6.04 Å². The van der Waals surface area contributed by atoms with Crippen LogP contribution in [0.15, 0.2) is 42.5 Å². The van der Waals surface area contributed by atoms with Gasteiger partial charge in [-0.3, -0.25) is 9.59 Å².